The van der Waals surface area contributed by atoms with Gasteiger partial charge in [0.15, 0.2) is 5.79 Å². The second-order valence-electron chi connectivity index (χ2n) is 3.64. The molecule has 2 heterocycles. The van der Waals surface area contributed by atoms with E-state index in [1.165, 1.54) is 0 Å². The number of rotatable bonds is 1. The molecule has 4 atom stereocenters. The summed E-state index contributed by atoms with van der Waals surface area (Å²) in [7, 11) is 0. The van der Waals surface area contributed by atoms with Crippen LogP contribution in [0.25, 0.3) is 0 Å². The molecule has 0 aliphatic carbocycles. The Bertz CT molecular complexity index is 204. The average molecular weight is 170 g/mol. The van der Waals surface area contributed by atoms with E-state index in [0.717, 1.165) is 12.8 Å². The van der Waals surface area contributed by atoms with Crippen LogP contribution in [0.2, 0.25) is 0 Å². The van der Waals surface area contributed by atoms with Crippen molar-refractivity contribution in [3.63, 3.8) is 0 Å². The fourth-order valence-corrected chi connectivity index (χ4v) is 1.91. The Morgan fingerprint density at radius 2 is 2.33 bits per heavy atom. The first kappa shape index (κ1) is 8.23. The van der Waals surface area contributed by atoms with Gasteiger partial charge in [-0.05, 0) is 13.3 Å². The van der Waals surface area contributed by atoms with Gasteiger partial charge in [0.1, 0.15) is 12.2 Å². The molecule has 2 aliphatic rings. The number of hydrogen-bond acceptors (Lipinski definition) is 3. The first-order chi connectivity index (χ1) is 5.64. The summed E-state index contributed by atoms with van der Waals surface area (Å²) >= 11 is 0. The Balaban J connectivity index is 2.20. The van der Waals surface area contributed by atoms with Crippen molar-refractivity contribution in [1.29, 1.82) is 0 Å². The third kappa shape index (κ3) is 1.09. The summed E-state index contributed by atoms with van der Waals surface area (Å²) in [4.78, 5) is 0. The minimum Gasteiger partial charge on any atom is -0.390 e. The average Bonchev–Trinajstić information content (AvgIpc) is 2.34. The molecule has 0 unspecified atom stereocenters. The lowest BCUT2D eigenvalue weighted by atomic mass is 10.00. The van der Waals surface area contributed by atoms with Crippen LogP contribution >= 0.6 is 0 Å². The van der Waals surface area contributed by atoms with E-state index in [4.69, 9.17) is 9.47 Å². The van der Waals surface area contributed by atoms with Crippen LogP contribution in [0.1, 0.15) is 19.8 Å². The molecule has 3 heteroatoms. The highest BCUT2D eigenvalue weighted by atomic mass is 16.8. The van der Waals surface area contributed by atoms with Gasteiger partial charge in [-0.2, -0.15) is 0 Å². The summed E-state index contributed by atoms with van der Waals surface area (Å²) in [6.45, 7) is 5.56. The normalized spacial score (nSPS) is 52.3. The van der Waals surface area contributed by atoms with Crippen LogP contribution in [-0.4, -0.2) is 29.2 Å². The van der Waals surface area contributed by atoms with E-state index in [1.54, 1.807) is 6.08 Å². The van der Waals surface area contributed by atoms with E-state index in [9.17, 15) is 5.11 Å². The first-order valence-corrected chi connectivity index (χ1v) is 4.31. The maximum absolute atomic E-state index is 9.56. The van der Waals surface area contributed by atoms with Gasteiger partial charge in [-0.1, -0.05) is 6.08 Å². The van der Waals surface area contributed by atoms with E-state index in [-0.39, 0.29) is 12.2 Å². The Kier molecular flexibility index (Phi) is 1.75. The van der Waals surface area contributed by atoms with Crippen LogP contribution in [0, 0.1) is 0 Å². The molecular weight excluding hydrogens is 156 g/mol. The number of aliphatic hydroxyl groups is 1. The number of hydrogen-bond donors (Lipinski definition) is 1. The van der Waals surface area contributed by atoms with Gasteiger partial charge >= 0.3 is 0 Å². The van der Waals surface area contributed by atoms with Crippen LogP contribution < -0.4 is 0 Å². The third-order valence-electron chi connectivity index (χ3n) is 2.60. The van der Waals surface area contributed by atoms with Gasteiger partial charge in [-0.3, -0.25) is 0 Å². The van der Waals surface area contributed by atoms with Crippen LogP contribution in [0.3, 0.4) is 0 Å². The van der Waals surface area contributed by atoms with Crippen LogP contribution in [0.5, 0.6) is 0 Å². The fourth-order valence-electron chi connectivity index (χ4n) is 1.91. The molecule has 12 heavy (non-hydrogen) atoms. The third-order valence-corrected chi connectivity index (χ3v) is 2.60. The second kappa shape index (κ2) is 2.55. The van der Waals surface area contributed by atoms with Crippen LogP contribution in [0.15, 0.2) is 12.7 Å². The zero-order valence-corrected chi connectivity index (χ0v) is 7.19. The van der Waals surface area contributed by atoms with Gasteiger partial charge < -0.3 is 14.6 Å². The number of fused-ring (bicyclic) bond motifs is 2. The molecule has 2 aliphatic heterocycles. The highest BCUT2D eigenvalue weighted by Crippen LogP contribution is 2.39. The number of ether oxygens (including phenoxy) is 2. The van der Waals surface area contributed by atoms with Crippen molar-refractivity contribution in [3.8, 4) is 0 Å². The maximum atomic E-state index is 9.56. The molecule has 0 saturated carbocycles. The highest BCUT2D eigenvalue weighted by molar-refractivity contribution is 5.00. The molecule has 0 radical (unpaired) electrons. The molecule has 3 nitrogen and oxygen atoms in total. The molecule has 2 rings (SSSR count). The largest absolute Gasteiger partial charge is 0.390 e. The van der Waals surface area contributed by atoms with Gasteiger partial charge in [-0.25, -0.2) is 0 Å². The first-order valence-electron chi connectivity index (χ1n) is 4.31. The van der Waals surface area contributed by atoms with Gasteiger partial charge in [0, 0.05) is 6.42 Å². The van der Waals surface area contributed by atoms with E-state index >= 15 is 0 Å². The van der Waals surface area contributed by atoms with E-state index in [2.05, 4.69) is 6.58 Å². The minimum absolute atomic E-state index is 0.146. The predicted octanol–water partition coefficient (Wildman–Crippen LogP) is 0.827. The number of aliphatic hydroxyl groups excluding tert-OH is 1. The van der Waals surface area contributed by atoms with Crippen molar-refractivity contribution >= 4 is 0 Å². The highest BCUT2D eigenvalue weighted by Gasteiger charge is 2.49. The lowest BCUT2D eigenvalue weighted by Gasteiger charge is -2.30. The second-order valence-corrected chi connectivity index (χ2v) is 3.64. The monoisotopic (exact) mass is 170 g/mol. The van der Waals surface area contributed by atoms with Crippen molar-refractivity contribution in [3.05, 3.63) is 12.7 Å². The summed E-state index contributed by atoms with van der Waals surface area (Å²) in [6.07, 6.45) is 2.46. The molecule has 2 fully saturated rings. The predicted molar refractivity (Wildman–Crippen MR) is 43.6 cm³/mol. The van der Waals surface area contributed by atoms with Crippen molar-refractivity contribution in [2.45, 2.75) is 43.9 Å². The van der Waals surface area contributed by atoms with Crippen LogP contribution in [0.4, 0.5) is 0 Å². The lowest BCUT2D eigenvalue weighted by molar-refractivity contribution is -0.196. The van der Waals surface area contributed by atoms with E-state index in [1.807, 2.05) is 6.92 Å². The molecule has 0 aromatic rings. The van der Waals surface area contributed by atoms with Gasteiger partial charge in [-0.15, -0.1) is 6.58 Å². The Morgan fingerprint density at radius 3 is 3.00 bits per heavy atom. The SMILES string of the molecule is C=C[C@@H]1O[C@@]2(C)CC[C@@H](O)[C@@H]1O2. The van der Waals surface area contributed by atoms with Gasteiger partial charge in [0.25, 0.3) is 0 Å². The molecule has 0 aromatic carbocycles. The molecule has 1 N–H and O–H groups in total. The Morgan fingerprint density at radius 1 is 1.58 bits per heavy atom. The summed E-state index contributed by atoms with van der Waals surface area (Å²) in [5.41, 5.74) is 0. The summed E-state index contributed by atoms with van der Waals surface area (Å²) < 4.78 is 11.1. The van der Waals surface area contributed by atoms with Crippen molar-refractivity contribution in [2.75, 3.05) is 0 Å². The van der Waals surface area contributed by atoms with Crippen molar-refractivity contribution in [1.82, 2.24) is 0 Å². The van der Waals surface area contributed by atoms with Gasteiger partial charge in [0.2, 0.25) is 0 Å². The molecule has 2 saturated heterocycles. The molecule has 0 spiro atoms. The zero-order chi connectivity index (χ0) is 8.77. The molecule has 0 amide bonds. The zero-order valence-electron chi connectivity index (χ0n) is 7.19. The van der Waals surface area contributed by atoms with E-state index in [0.29, 0.717) is 0 Å². The van der Waals surface area contributed by atoms with E-state index < -0.39 is 11.9 Å². The summed E-state index contributed by atoms with van der Waals surface area (Å²) in [5.74, 6) is -0.483. The van der Waals surface area contributed by atoms with Crippen molar-refractivity contribution < 1.29 is 14.6 Å². The standard InChI is InChI=1S/C9H14O3/c1-3-7-8-6(10)4-5-9(2,11-7)12-8/h3,6-8,10H,1,4-5H2,2H3/t6-,7+,8+,9-/m1/s1. The molecule has 2 bridgehead atoms. The van der Waals surface area contributed by atoms with Crippen LogP contribution in [-0.2, 0) is 9.47 Å². The molecule has 0 aromatic heterocycles. The Hall–Kier alpha value is -0.380. The lowest BCUT2D eigenvalue weighted by Crippen LogP contribution is -2.39. The maximum Gasteiger partial charge on any atom is 0.167 e. The summed E-state index contributed by atoms with van der Waals surface area (Å²) in [6, 6.07) is 0. The van der Waals surface area contributed by atoms with Crippen molar-refractivity contribution in [2.24, 2.45) is 0 Å². The smallest absolute Gasteiger partial charge is 0.167 e. The topological polar surface area (TPSA) is 38.7 Å². The molecular formula is C9H14O3. The van der Waals surface area contributed by atoms with Gasteiger partial charge in [0.05, 0.1) is 6.10 Å². The quantitative estimate of drug-likeness (QED) is 0.592. The Labute approximate surface area is 72.0 Å². The minimum atomic E-state index is -0.483. The fraction of sp³-hybridized carbons (Fsp3) is 0.778. The molecule has 68 valence electrons. The summed E-state index contributed by atoms with van der Waals surface area (Å²) in [5, 5.41) is 9.56.